The molecule has 2 heteroatoms. The molecule has 0 aliphatic heterocycles. The zero-order chi connectivity index (χ0) is 14.9. The van der Waals surface area contributed by atoms with Crippen molar-refractivity contribution in [2.45, 2.75) is 45.6 Å². The van der Waals surface area contributed by atoms with Gasteiger partial charge in [-0.05, 0) is 50.4 Å². The van der Waals surface area contributed by atoms with Gasteiger partial charge in [0.2, 0.25) is 0 Å². The largest absolute Gasteiger partial charge is 0.347 e. The lowest BCUT2D eigenvalue weighted by atomic mass is 10.1. The molecule has 0 spiro atoms. The molecular weight excluding hydrogens is 256 g/mol. The first kappa shape index (κ1) is 15.7. The SMILES string of the molecule is C#CCCCn1cc(CCCNCCC)c2ccccc21. The van der Waals surface area contributed by atoms with E-state index in [4.69, 9.17) is 6.42 Å². The molecule has 1 aromatic carbocycles. The van der Waals surface area contributed by atoms with Gasteiger partial charge in [-0.2, -0.15) is 0 Å². The van der Waals surface area contributed by atoms with Crippen LogP contribution < -0.4 is 5.32 Å². The smallest absolute Gasteiger partial charge is 0.0483 e. The van der Waals surface area contributed by atoms with Crippen LogP contribution in [0.5, 0.6) is 0 Å². The lowest BCUT2D eigenvalue weighted by Crippen LogP contribution is -2.16. The topological polar surface area (TPSA) is 17.0 Å². The number of nitrogens with one attached hydrogen (secondary N) is 1. The fourth-order valence-corrected chi connectivity index (χ4v) is 2.76. The highest BCUT2D eigenvalue weighted by Gasteiger charge is 2.07. The van der Waals surface area contributed by atoms with Crippen molar-refractivity contribution in [3.05, 3.63) is 36.0 Å². The van der Waals surface area contributed by atoms with E-state index in [1.165, 1.54) is 29.3 Å². The minimum Gasteiger partial charge on any atom is -0.347 e. The van der Waals surface area contributed by atoms with Crippen molar-refractivity contribution >= 4 is 10.9 Å². The average molecular weight is 282 g/mol. The maximum Gasteiger partial charge on any atom is 0.0483 e. The molecule has 0 saturated carbocycles. The first-order chi connectivity index (χ1) is 10.4. The molecule has 112 valence electrons. The van der Waals surface area contributed by atoms with Crippen LogP contribution in [0, 0.1) is 12.3 Å². The minimum atomic E-state index is 0.850. The van der Waals surface area contributed by atoms with Gasteiger partial charge in [0.1, 0.15) is 0 Å². The highest BCUT2D eigenvalue weighted by molar-refractivity contribution is 5.83. The molecular formula is C19H26N2. The van der Waals surface area contributed by atoms with E-state index in [0.717, 1.165) is 38.9 Å². The van der Waals surface area contributed by atoms with Crippen LogP contribution in [0.25, 0.3) is 10.9 Å². The van der Waals surface area contributed by atoms with Gasteiger partial charge in [0.15, 0.2) is 0 Å². The molecule has 0 atom stereocenters. The lowest BCUT2D eigenvalue weighted by Gasteiger charge is -2.02. The third-order valence-electron chi connectivity index (χ3n) is 3.82. The van der Waals surface area contributed by atoms with E-state index >= 15 is 0 Å². The number of hydrogen-bond donors (Lipinski definition) is 1. The van der Waals surface area contributed by atoms with Gasteiger partial charge in [-0.25, -0.2) is 0 Å². The first-order valence-corrected chi connectivity index (χ1v) is 8.07. The van der Waals surface area contributed by atoms with Gasteiger partial charge in [-0.3, -0.25) is 0 Å². The van der Waals surface area contributed by atoms with E-state index in [2.05, 4.69) is 53.2 Å². The molecule has 0 radical (unpaired) electrons. The molecule has 0 aliphatic rings. The zero-order valence-corrected chi connectivity index (χ0v) is 13.1. The predicted octanol–water partition coefficient (Wildman–Crippen LogP) is 3.99. The van der Waals surface area contributed by atoms with Crippen molar-refractivity contribution in [1.82, 2.24) is 9.88 Å². The highest BCUT2D eigenvalue weighted by atomic mass is 15.0. The first-order valence-electron chi connectivity index (χ1n) is 8.07. The highest BCUT2D eigenvalue weighted by Crippen LogP contribution is 2.23. The third-order valence-corrected chi connectivity index (χ3v) is 3.82. The molecule has 2 rings (SSSR count). The van der Waals surface area contributed by atoms with E-state index in [1.54, 1.807) is 0 Å². The summed E-state index contributed by atoms with van der Waals surface area (Å²) >= 11 is 0. The van der Waals surface area contributed by atoms with Crippen LogP contribution in [0.15, 0.2) is 30.5 Å². The van der Waals surface area contributed by atoms with Crippen LogP contribution in [0.1, 0.15) is 38.2 Å². The fraction of sp³-hybridized carbons (Fsp3) is 0.474. The van der Waals surface area contributed by atoms with Gasteiger partial charge in [-0.1, -0.05) is 25.1 Å². The summed E-state index contributed by atoms with van der Waals surface area (Å²) in [6.45, 7) is 5.44. The van der Waals surface area contributed by atoms with Crippen molar-refractivity contribution < 1.29 is 0 Å². The van der Waals surface area contributed by atoms with Gasteiger partial charge in [0, 0.05) is 30.1 Å². The molecule has 0 aliphatic carbocycles. The fourth-order valence-electron chi connectivity index (χ4n) is 2.76. The summed E-state index contributed by atoms with van der Waals surface area (Å²) in [7, 11) is 0. The number of hydrogen-bond acceptors (Lipinski definition) is 1. The number of unbranched alkanes of at least 4 members (excludes halogenated alkanes) is 1. The monoisotopic (exact) mass is 282 g/mol. The molecule has 1 aromatic heterocycles. The van der Waals surface area contributed by atoms with Crippen LogP contribution >= 0.6 is 0 Å². The summed E-state index contributed by atoms with van der Waals surface area (Å²) in [5, 5.41) is 4.87. The average Bonchev–Trinajstić information content (AvgIpc) is 2.86. The molecule has 0 bridgehead atoms. The minimum absolute atomic E-state index is 0.850. The molecule has 21 heavy (non-hydrogen) atoms. The van der Waals surface area contributed by atoms with Crippen LogP contribution in [0.2, 0.25) is 0 Å². The Balaban J connectivity index is 2.03. The van der Waals surface area contributed by atoms with Gasteiger partial charge in [0.05, 0.1) is 0 Å². The number of para-hydroxylation sites is 1. The number of rotatable bonds is 9. The Hall–Kier alpha value is -1.72. The van der Waals surface area contributed by atoms with E-state index < -0.39 is 0 Å². The maximum absolute atomic E-state index is 5.35. The Morgan fingerprint density at radius 1 is 1.19 bits per heavy atom. The Labute approximate surface area is 128 Å². The van der Waals surface area contributed by atoms with Crippen molar-refractivity contribution in [1.29, 1.82) is 0 Å². The van der Waals surface area contributed by atoms with Crippen molar-refractivity contribution in [3.63, 3.8) is 0 Å². The third kappa shape index (κ3) is 4.37. The number of aromatic nitrogens is 1. The molecule has 2 nitrogen and oxygen atoms in total. The summed E-state index contributed by atoms with van der Waals surface area (Å²) in [4.78, 5) is 0. The second-order valence-electron chi connectivity index (χ2n) is 5.53. The van der Waals surface area contributed by atoms with Crippen LogP contribution in [-0.4, -0.2) is 17.7 Å². The lowest BCUT2D eigenvalue weighted by molar-refractivity contribution is 0.637. The molecule has 0 unspecified atom stereocenters. The van der Waals surface area contributed by atoms with Crippen LogP contribution in [-0.2, 0) is 13.0 Å². The van der Waals surface area contributed by atoms with E-state index in [-0.39, 0.29) is 0 Å². The molecule has 0 saturated heterocycles. The number of benzene rings is 1. The zero-order valence-electron chi connectivity index (χ0n) is 13.1. The molecule has 1 heterocycles. The summed E-state index contributed by atoms with van der Waals surface area (Å²) in [5.74, 6) is 2.73. The molecule has 0 fully saturated rings. The second kappa shape index (κ2) is 8.54. The van der Waals surface area contributed by atoms with Crippen molar-refractivity contribution in [2.24, 2.45) is 0 Å². The van der Waals surface area contributed by atoms with Crippen LogP contribution in [0.4, 0.5) is 0 Å². The van der Waals surface area contributed by atoms with Gasteiger partial charge in [-0.15, -0.1) is 12.3 Å². The van der Waals surface area contributed by atoms with Crippen LogP contribution in [0.3, 0.4) is 0 Å². The Morgan fingerprint density at radius 3 is 2.86 bits per heavy atom. The van der Waals surface area contributed by atoms with E-state index in [1.807, 2.05) is 0 Å². The number of fused-ring (bicyclic) bond motifs is 1. The van der Waals surface area contributed by atoms with E-state index in [9.17, 15) is 0 Å². The molecule has 0 amide bonds. The Morgan fingerprint density at radius 2 is 2.05 bits per heavy atom. The Bertz CT molecular complexity index is 589. The predicted molar refractivity (Wildman–Crippen MR) is 91.5 cm³/mol. The normalized spacial score (nSPS) is 10.9. The van der Waals surface area contributed by atoms with Gasteiger partial charge < -0.3 is 9.88 Å². The number of aryl methyl sites for hydroxylation is 2. The number of terminal acetylenes is 1. The Kier molecular flexibility index (Phi) is 6.37. The second-order valence-corrected chi connectivity index (χ2v) is 5.53. The van der Waals surface area contributed by atoms with Crippen molar-refractivity contribution in [2.75, 3.05) is 13.1 Å². The maximum atomic E-state index is 5.35. The molecule has 2 aromatic rings. The summed E-state index contributed by atoms with van der Waals surface area (Å²) in [5.41, 5.74) is 2.80. The summed E-state index contributed by atoms with van der Waals surface area (Å²) < 4.78 is 2.36. The summed E-state index contributed by atoms with van der Waals surface area (Å²) in [6.07, 6.45) is 13.1. The molecule has 1 N–H and O–H groups in total. The number of nitrogens with zero attached hydrogens (tertiary/aromatic N) is 1. The standard InChI is InChI=1S/C19H26N2/c1-3-5-8-15-21-16-17(10-9-14-20-13-4-2)18-11-6-7-12-19(18)21/h1,6-7,11-12,16,20H,4-5,8-10,13-15H2,2H3. The van der Waals surface area contributed by atoms with Gasteiger partial charge >= 0.3 is 0 Å². The van der Waals surface area contributed by atoms with Crippen molar-refractivity contribution in [3.8, 4) is 12.3 Å². The van der Waals surface area contributed by atoms with Gasteiger partial charge in [0.25, 0.3) is 0 Å². The summed E-state index contributed by atoms with van der Waals surface area (Å²) in [6, 6.07) is 8.70. The van der Waals surface area contributed by atoms with E-state index in [0.29, 0.717) is 0 Å². The quantitative estimate of drug-likeness (QED) is 0.543.